The molecule has 0 atom stereocenters. The first-order chi connectivity index (χ1) is 13.9. The summed E-state index contributed by atoms with van der Waals surface area (Å²) in [6.07, 6.45) is 1.74. The Kier molecular flexibility index (Phi) is 6.44. The summed E-state index contributed by atoms with van der Waals surface area (Å²) in [4.78, 5) is 14.8. The minimum absolute atomic E-state index is 0.0402. The van der Waals surface area contributed by atoms with Crippen molar-refractivity contribution < 1.29 is 22.7 Å². The predicted octanol–water partition coefficient (Wildman–Crippen LogP) is 2.81. The minimum atomic E-state index is -3.53. The van der Waals surface area contributed by atoms with Crippen LogP contribution in [0.1, 0.15) is 35.7 Å². The normalized spacial score (nSPS) is 13.8. The highest BCUT2D eigenvalue weighted by Gasteiger charge is 2.28. The molecule has 1 saturated carbocycles. The molecule has 2 aromatic carbocycles. The van der Waals surface area contributed by atoms with Crippen LogP contribution in [0.4, 0.5) is 0 Å². The SMILES string of the molecule is CCN(Cc1ccc(OC)c(OC)c1)C(=O)c1ccc(S(=O)(=O)NC2CC2)cc1. The number of methoxy groups -OCH3 is 2. The molecule has 0 spiro atoms. The summed E-state index contributed by atoms with van der Waals surface area (Å²) in [5.74, 6) is 1.06. The topological polar surface area (TPSA) is 84.9 Å². The van der Waals surface area contributed by atoms with Gasteiger partial charge in [0.25, 0.3) is 5.91 Å². The summed E-state index contributed by atoms with van der Waals surface area (Å²) in [6.45, 7) is 2.81. The average molecular weight is 419 g/mol. The van der Waals surface area contributed by atoms with E-state index < -0.39 is 10.0 Å². The largest absolute Gasteiger partial charge is 0.493 e. The molecule has 0 saturated heterocycles. The molecule has 1 N–H and O–H groups in total. The van der Waals surface area contributed by atoms with Crippen molar-refractivity contribution in [3.63, 3.8) is 0 Å². The molecule has 0 unspecified atom stereocenters. The third-order valence-electron chi connectivity index (χ3n) is 4.80. The molecule has 1 aliphatic carbocycles. The van der Waals surface area contributed by atoms with Gasteiger partial charge in [-0.15, -0.1) is 0 Å². The lowest BCUT2D eigenvalue weighted by atomic mass is 10.1. The molecule has 1 fully saturated rings. The number of sulfonamides is 1. The fourth-order valence-corrected chi connectivity index (χ4v) is 4.28. The van der Waals surface area contributed by atoms with Crippen LogP contribution in [0, 0.1) is 0 Å². The summed E-state index contributed by atoms with van der Waals surface area (Å²) in [7, 11) is -0.388. The van der Waals surface area contributed by atoms with E-state index in [0.29, 0.717) is 30.2 Å². The number of hydrogen-bond donors (Lipinski definition) is 1. The standard InChI is InChI=1S/C21H26N2O5S/c1-4-23(14-15-5-12-19(27-2)20(13-15)28-3)21(24)16-6-10-18(11-7-16)29(25,26)22-17-8-9-17/h5-7,10-13,17,22H,4,8-9,14H2,1-3H3. The van der Waals surface area contributed by atoms with Gasteiger partial charge in [0, 0.05) is 24.7 Å². The van der Waals surface area contributed by atoms with Crippen molar-refractivity contribution in [2.24, 2.45) is 0 Å². The Labute approximate surface area is 171 Å². The molecule has 8 heteroatoms. The summed E-state index contributed by atoms with van der Waals surface area (Å²) in [5, 5.41) is 0. The average Bonchev–Trinajstić information content (AvgIpc) is 3.54. The molecule has 1 amide bonds. The van der Waals surface area contributed by atoms with Crippen LogP contribution in [0.5, 0.6) is 11.5 Å². The number of ether oxygens (including phenoxy) is 2. The van der Waals surface area contributed by atoms with Gasteiger partial charge in [0.05, 0.1) is 19.1 Å². The maximum atomic E-state index is 12.9. The molecule has 29 heavy (non-hydrogen) atoms. The smallest absolute Gasteiger partial charge is 0.254 e. The molecular formula is C21H26N2O5S. The zero-order chi connectivity index (χ0) is 21.0. The maximum absolute atomic E-state index is 12.9. The molecule has 0 heterocycles. The van der Waals surface area contributed by atoms with Crippen LogP contribution < -0.4 is 14.2 Å². The third-order valence-corrected chi connectivity index (χ3v) is 6.34. The summed E-state index contributed by atoms with van der Waals surface area (Å²) in [6, 6.07) is 11.6. The quantitative estimate of drug-likeness (QED) is 0.677. The molecule has 0 aromatic heterocycles. The number of hydrogen-bond acceptors (Lipinski definition) is 5. The molecule has 0 aliphatic heterocycles. The number of amides is 1. The molecule has 7 nitrogen and oxygen atoms in total. The molecular weight excluding hydrogens is 392 g/mol. The number of carbonyl (C=O) groups excluding carboxylic acids is 1. The van der Waals surface area contributed by atoms with Crippen molar-refractivity contribution in [3.8, 4) is 11.5 Å². The number of nitrogens with zero attached hydrogens (tertiary/aromatic N) is 1. The highest BCUT2D eigenvalue weighted by Crippen LogP contribution is 2.28. The molecule has 156 valence electrons. The van der Waals surface area contributed by atoms with Gasteiger partial charge in [-0.2, -0.15) is 0 Å². The number of carbonyl (C=O) groups is 1. The van der Waals surface area contributed by atoms with Crippen molar-refractivity contribution in [3.05, 3.63) is 53.6 Å². The van der Waals surface area contributed by atoms with Crippen molar-refractivity contribution in [1.82, 2.24) is 9.62 Å². The summed E-state index contributed by atoms with van der Waals surface area (Å²) < 4.78 is 37.8. The summed E-state index contributed by atoms with van der Waals surface area (Å²) >= 11 is 0. The first kappa shape index (κ1) is 21.1. The first-order valence-corrected chi connectivity index (χ1v) is 11.0. The van der Waals surface area contributed by atoms with Gasteiger partial charge in [0.15, 0.2) is 11.5 Å². The van der Waals surface area contributed by atoms with Crippen LogP contribution >= 0.6 is 0 Å². The predicted molar refractivity (Wildman–Crippen MR) is 110 cm³/mol. The van der Waals surface area contributed by atoms with Gasteiger partial charge in [0.1, 0.15) is 0 Å². The van der Waals surface area contributed by atoms with E-state index in [-0.39, 0.29) is 16.8 Å². The molecule has 0 radical (unpaired) electrons. The Bertz CT molecular complexity index is 969. The van der Waals surface area contributed by atoms with Crippen LogP contribution in [0.15, 0.2) is 47.4 Å². The molecule has 1 aliphatic rings. The van der Waals surface area contributed by atoms with E-state index >= 15 is 0 Å². The third kappa shape index (κ3) is 5.07. The van der Waals surface area contributed by atoms with Gasteiger partial charge in [-0.05, 0) is 61.7 Å². The van der Waals surface area contributed by atoms with E-state index in [1.165, 1.54) is 12.1 Å². The van der Waals surface area contributed by atoms with Crippen LogP contribution in [0.2, 0.25) is 0 Å². The van der Waals surface area contributed by atoms with E-state index in [4.69, 9.17) is 9.47 Å². The zero-order valence-corrected chi connectivity index (χ0v) is 17.7. The highest BCUT2D eigenvalue weighted by atomic mass is 32.2. The van der Waals surface area contributed by atoms with E-state index in [1.54, 1.807) is 37.3 Å². The Morgan fingerprint density at radius 2 is 1.72 bits per heavy atom. The van der Waals surface area contributed by atoms with Crippen LogP contribution in [-0.2, 0) is 16.6 Å². The lowest BCUT2D eigenvalue weighted by Gasteiger charge is -2.22. The van der Waals surface area contributed by atoms with Gasteiger partial charge in [-0.1, -0.05) is 6.07 Å². The van der Waals surface area contributed by atoms with E-state index in [1.807, 2.05) is 19.1 Å². The number of benzene rings is 2. The Morgan fingerprint density at radius 3 is 2.28 bits per heavy atom. The second-order valence-electron chi connectivity index (χ2n) is 6.93. The van der Waals surface area contributed by atoms with Crippen LogP contribution in [0.25, 0.3) is 0 Å². The van der Waals surface area contributed by atoms with Crippen molar-refractivity contribution >= 4 is 15.9 Å². The van der Waals surface area contributed by atoms with Gasteiger partial charge in [-0.25, -0.2) is 13.1 Å². The van der Waals surface area contributed by atoms with Crippen molar-refractivity contribution in [2.75, 3.05) is 20.8 Å². The second-order valence-corrected chi connectivity index (χ2v) is 8.64. The van der Waals surface area contributed by atoms with E-state index in [0.717, 1.165) is 18.4 Å². The van der Waals surface area contributed by atoms with Crippen LogP contribution in [-0.4, -0.2) is 46.0 Å². The molecule has 0 bridgehead atoms. The zero-order valence-electron chi connectivity index (χ0n) is 16.8. The molecule has 2 aromatic rings. The number of rotatable bonds is 9. The van der Waals surface area contributed by atoms with Gasteiger partial charge in [-0.3, -0.25) is 4.79 Å². The van der Waals surface area contributed by atoms with Gasteiger partial charge in [0.2, 0.25) is 10.0 Å². The Balaban J connectivity index is 1.73. The molecule has 3 rings (SSSR count). The number of nitrogens with one attached hydrogen (secondary N) is 1. The van der Waals surface area contributed by atoms with E-state index in [9.17, 15) is 13.2 Å². The lowest BCUT2D eigenvalue weighted by molar-refractivity contribution is 0.0752. The van der Waals surface area contributed by atoms with Crippen molar-refractivity contribution in [1.29, 1.82) is 0 Å². The Hall–Kier alpha value is -2.58. The van der Waals surface area contributed by atoms with Gasteiger partial charge < -0.3 is 14.4 Å². The summed E-state index contributed by atoms with van der Waals surface area (Å²) in [5.41, 5.74) is 1.35. The fraction of sp³-hybridized carbons (Fsp3) is 0.381. The van der Waals surface area contributed by atoms with Crippen LogP contribution in [0.3, 0.4) is 0 Å². The van der Waals surface area contributed by atoms with E-state index in [2.05, 4.69) is 4.72 Å². The maximum Gasteiger partial charge on any atom is 0.254 e. The van der Waals surface area contributed by atoms with Gasteiger partial charge >= 0.3 is 0 Å². The minimum Gasteiger partial charge on any atom is -0.493 e. The second kappa shape index (κ2) is 8.84. The lowest BCUT2D eigenvalue weighted by Crippen LogP contribution is -2.30. The Morgan fingerprint density at radius 1 is 1.07 bits per heavy atom. The first-order valence-electron chi connectivity index (χ1n) is 9.50. The fourth-order valence-electron chi connectivity index (χ4n) is 2.97. The highest BCUT2D eigenvalue weighted by molar-refractivity contribution is 7.89. The van der Waals surface area contributed by atoms with Crippen molar-refractivity contribution in [2.45, 2.75) is 37.2 Å². The monoisotopic (exact) mass is 418 g/mol.